The molecule has 3 heteroatoms. The highest BCUT2D eigenvalue weighted by Gasteiger charge is 2.09. The van der Waals surface area contributed by atoms with E-state index in [1.54, 1.807) is 10.7 Å². The van der Waals surface area contributed by atoms with E-state index in [4.69, 9.17) is 0 Å². The summed E-state index contributed by atoms with van der Waals surface area (Å²) < 4.78 is 1.54. The molecule has 1 N–H and O–H groups in total. The molecule has 0 saturated heterocycles. The van der Waals surface area contributed by atoms with Crippen molar-refractivity contribution in [2.24, 2.45) is 0 Å². The first-order valence-corrected chi connectivity index (χ1v) is 6.15. The van der Waals surface area contributed by atoms with Crippen LogP contribution < -0.4 is 0 Å². The molecule has 0 spiro atoms. The Bertz CT molecular complexity index is 685. The van der Waals surface area contributed by atoms with E-state index in [-0.39, 0.29) is 5.88 Å². The second kappa shape index (κ2) is 4.61. The van der Waals surface area contributed by atoms with Crippen molar-refractivity contribution in [1.29, 1.82) is 0 Å². The lowest BCUT2D eigenvalue weighted by molar-refractivity contribution is 0.433. The summed E-state index contributed by atoms with van der Waals surface area (Å²) in [5, 5.41) is 14.5. The summed E-state index contributed by atoms with van der Waals surface area (Å²) in [6.45, 7) is 2.03. The van der Waals surface area contributed by atoms with E-state index in [0.717, 1.165) is 16.9 Å². The second-order valence-corrected chi connectivity index (χ2v) is 4.50. The average Bonchev–Trinajstić information content (AvgIpc) is 2.83. The molecule has 0 bridgehead atoms. The number of nitrogens with zero attached hydrogens (tertiary/aromatic N) is 2. The predicted molar refractivity (Wildman–Crippen MR) is 75.4 cm³/mol. The molecular formula is C16H14N2O. The minimum atomic E-state index is 0.141. The highest BCUT2D eigenvalue weighted by Crippen LogP contribution is 2.25. The van der Waals surface area contributed by atoms with Crippen molar-refractivity contribution in [1.82, 2.24) is 9.78 Å². The summed E-state index contributed by atoms with van der Waals surface area (Å²) in [6.07, 6.45) is 0. The zero-order chi connectivity index (χ0) is 13.2. The van der Waals surface area contributed by atoms with E-state index in [2.05, 4.69) is 5.10 Å². The van der Waals surface area contributed by atoms with E-state index in [0.29, 0.717) is 0 Å². The number of aryl methyl sites for hydroxylation is 1. The van der Waals surface area contributed by atoms with Crippen LogP contribution in [0.2, 0.25) is 0 Å². The van der Waals surface area contributed by atoms with Crippen molar-refractivity contribution < 1.29 is 5.11 Å². The first-order chi connectivity index (χ1) is 9.24. The van der Waals surface area contributed by atoms with E-state index < -0.39 is 0 Å². The predicted octanol–water partition coefficient (Wildman–Crippen LogP) is 3.55. The van der Waals surface area contributed by atoms with Crippen molar-refractivity contribution in [3.63, 3.8) is 0 Å². The van der Waals surface area contributed by atoms with Crippen LogP contribution in [0.25, 0.3) is 16.9 Å². The molecule has 0 saturated carbocycles. The summed E-state index contributed by atoms with van der Waals surface area (Å²) in [5.41, 5.74) is 3.78. The molecule has 0 amide bonds. The molecule has 1 aromatic heterocycles. The van der Waals surface area contributed by atoms with Gasteiger partial charge in [-0.2, -0.15) is 5.10 Å². The van der Waals surface area contributed by atoms with Gasteiger partial charge < -0.3 is 5.11 Å². The summed E-state index contributed by atoms with van der Waals surface area (Å²) in [6, 6.07) is 19.4. The SMILES string of the molecule is Cc1ccc(-n2nc(-c3ccccc3)cc2O)cc1. The van der Waals surface area contributed by atoms with Gasteiger partial charge in [0.15, 0.2) is 0 Å². The number of aromatic nitrogens is 2. The topological polar surface area (TPSA) is 38.0 Å². The third kappa shape index (κ3) is 2.22. The standard InChI is InChI=1S/C16H14N2O/c1-12-7-9-14(10-8-12)18-16(19)11-15(17-18)13-5-3-2-4-6-13/h2-11,19H,1H3. The van der Waals surface area contributed by atoms with Gasteiger partial charge in [-0.1, -0.05) is 48.0 Å². The Morgan fingerprint density at radius 1 is 0.947 bits per heavy atom. The molecule has 0 fully saturated rings. The highest BCUT2D eigenvalue weighted by molar-refractivity contribution is 5.60. The van der Waals surface area contributed by atoms with Gasteiger partial charge in [0.1, 0.15) is 0 Å². The van der Waals surface area contributed by atoms with Gasteiger partial charge in [0.2, 0.25) is 5.88 Å². The molecule has 0 atom stereocenters. The maximum absolute atomic E-state index is 10.0. The normalized spacial score (nSPS) is 10.6. The van der Waals surface area contributed by atoms with Gasteiger partial charge in [-0.05, 0) is 19.1 Å². The Kier molecular flexibility index (Phi) is 2.80. The van der Waals surface area contributed by atoms with E-state index >= 15 is 0 Å². The van der Waals surface area contributed by atoms with Crippen LogP contribution in [0.5, 0.6) is 5.88 Å². The first kappa shape index (κ1) is 11.5. The third-order valence-corrected chi connectivity index (χ3v) is 3.04. The van der Waals surface area contributed by atoms with Gasteiger partial charge in [0.25, 0.3) is 0 Å². The first-order valence-electron chi connectivity index (χ1n) is 6.15. The van der Waals surface area contributed by atoms with Crippen LogP contribution in [0.1, 0.15) is 5.56 Å². The van der Waals surface area contributed by atoms with E-state index in [9.17, 15) is 5.11 Å². The van der Waals surface area contributed by atoms with Crippen molar-refractivity contribution in [3.8, 4) is 22.8 Å². The van der Waals surface area contributed by atoms with Gasteiger partial charge >= 0.3 is 0 Å². The van der Waals surface area contributed by atoms with Crippen molar-refractivity contribution in [3.05, 3.63) is 66.2 Å². The van der Waals surface area contributed by atoms with Gasteiger partial charge in [-0.25, -0.2) is 4.68 Å². The Labute approximate surface area is 111 Å². The fraction of sp³-hybridized carbons (Fsp3) is 0.0625. The Balaban J connectivity index is 2.05. The summed E-state index contributed by atoms with van der Waals surface area (Å²) in [4.78, 5) is 0. The molecule has 1 heterocycles. The molecule has 3 nitrogen and oxygen atoms in total. The monoisotopic (exact) mass is 250 g/mol. The summed E-state index contributed by atoms with van der Waals surface area (Å²) in [5.74, 6) is 0.141. The molecule has 94 valence electrons. The molecule has 0 aliphatic rings. The van der Waals surface area contributed by atoms with Crippen molar-refractivity contribution in [2.45, 2.75) is 6.92 Å². The largest absolute Gasteiger partial charge is 0.493 e. The fourth-order valence-corrected chi connectivity index (χ4v) is 2.00. The van der Waals surface area contributed by atoms with E-state index in [1.807, 2.05) is 61.5 Å². The zero-order valence-electron chi connectivity index (χ0n) is 10.6. The second-order valence-electron chi connectivity index (χ2n) is 4.50. The lowest BCUT2D eigenvalue weighted by atomic mass is 10.2. The zero-order valence-corrected chi connectivity index (χ0v) is 10.6. The fourth-order valence-electron chi connectivity index (χ4n) is 2.00. The van der Waals surface area contributed by atoms with Crippen LogP contribution >= 0.6 is 0 Å². The molecule has 0 unspecified atom stereocenters. The van der Waals surface area contributed by atoms with Crippen LogP contribution in [0.15, 0.2) is 60.7 Å². The van der Waals surface area contributed by atoms with Crippen LogP contribution in [0.4, 0.5) is 0 Å². The summed E-state index contributed by atoms with van der Waals surface area (Å²) >= 11 is 0. The maximum atomic E-state index is 10.0. The number of benzene rings is 2. The molecular weight excluding hydrogens is 236 g/mol. The van der Waals surface area contributed by atoms with Crippen LogP contribution in [-0.4, -0.2) is 14.9 Å². The van der Waals surface area contributed by atoms with Gasteiger partial charge in [-0.3, -0.25) is 0 Å². The maximum Gasteiger partial charge on any atom is 0.214 e. The lowest BCUT2D eigenvalue weighted by Gasteiger charge is -2.03. The molecule has 0 radical (unpaired) electrons. The van der Waals surface area contributed by atoms with Gasteiger partial charge in [0.05, 0.1) is 11.4 Å². The Morgan fingerprint density at radius 2 is 1.63 bits per heavy atom. The number of aromatic hydroxyl groups is 1. The molecule has 2 aromatic carbocycles. The number of hydrogen-bond acceptors (Lipinski definition) is 2. The highest BCUT2D eigenvalue weighted by atomic mass is 16.3. The van der Waals surface area contributed by atoms with E-state index in [1.165, 1.54) is 5.56 Å². The molecule has 3 rings (SSSR count). The smallest absolute Gasteiger partial charge is 0.214 e. The number of hydrogen-bond donors (Lipinski definition) is 1. The minimum Gasteiger partial charge on any atom is -0.493 e. The lowest BCUT2D eigenvalue weighted by Crippen LogP contribution is -1.95. The van der Waals surface area contributed by atoms with Crippen molar-refractivity contribution in [2.75, 3.05) is 0 Å². The molecule has 19 heavy (non-hydrogen) atoms. The van der Waals surface area contributed by atoms with Crippen LogP contribution in [0.3, 0.4) is 0 Å². The average molecular weight is 250 g/mol. The summed E-state index contributed by atoms with van der Waals surface area (Å²) in [7, 11) is 0. The molecule has 0 aliphatic carbocycles. The quantitative estimate of drug-likeness (QED) is 0.755. The third-order valence-electron chi connectivity index (χ3n) is 3.04. The Morgan fingerprint density at radius 3 is 2.32 bits per heavy atom. The van der Waals surface area contributed by atoms with Crippen LogP contribution in [0, 0.1) is 6.92 Å². The molecule has 0 aliphatic heterocycles. The van der Waals surface area contributed by atoms with Gasteiger partial charge in [0, 0.05) is 11.6 Å². The number of rotatable bonds is 2. The van der Waals surface area contributed by atoms with Gasteiger partial charge in [-0.15, -0.1) is 0 Å². The Hall–Kier alpha value is -2.55. The minimum absolute atomic E-state index is 0.141. The van der Waals surface area contributed by atoms with Crippen molar-refractivity contribution >= 4 is 0 Å². The molecule has 3 aromatic rings. The van der Waals surface area contributed by atoms with Crippen LogP contribution in [-0.2, 0) is 0 Å².